The lowest BCUT2D eigenvalue weighted by atomic mass is 10.1. The Morgan fingerprint density at radius 3 is 2.36 bits per heavy atom. The zero-order chi connectivity index (χ0) is 18.8. The molecule has 0 atom stereocenters. The molecule has 0 radical (unpaired) electrons. The summed E-state index contributed by atoms with van der Waals surface area (Å²) in [7, 11) is -3.01. The van der Waals surface area contributed by atoms with Crippen molar-refractivity contribution >= 4 is 21.7 Å². The van der Waals surface area contributed by atoms with Crippen LogP contribution in [0.15, 0.2) is 41.3 Å². The van der Waals surface area contributed by atoms with E-state index in [4.69, 9.17) is 9.84 Å². The molecule has 2 rings (SSSR count). The van der Waals surface area contributed by atoms with E-state index < -0.39 is 28.4 Å². The Kier molecular flexibility index (Phi) is 5.32. The van der Waals surface area contributed by atoms with Gasteiger partial charge < -0.3 is 9.84 Å². The van der Waals surface area contributed by atoms with Crippen LogP contribution in [-0.4, -0.2) is 33.1 Å². The third-order valence-electron chi connectivity index (χ3n) is 3.77. The SMILES string of the molecule is COc1ccc(S(=O)(=O)N(CC(=O)O)c2ccc(C)c(C)c2)cc1F. The monoisotopic (exact) mass is 367 g/mol. The van der Waals surface area contributed by atoms with Crippen LogP contribution in [-0.2, 0) is 14.8 Å². The summed E-state index contributed by atoms with van der Waals surface area (Å²) in [4.78, 5) is 10.8. The largest absolute Gasteiger partial charge is 0.494 e. The van der Waals surface area contributed by atoms with Crippen molar-refractivity contribution < 1.29 is 27.4 Å². The number of halogens is 1. The molecule has 134 valence electrons. The molecule has 0 spiro atoms. The predicted octanol–water partition coefficient (Wildman–Crippen LogP) is 2.73. The van der Waals surface area contributed by atoms with Crippen molar-refractivity contribution in [1.29, 1.82) is 0 Å². The first-order valence-corrected chi connectivity index (χ1v) is 8.76. The van der Waals surface area contributed by atoms with Gasteiger partial charge >= 0.3 is 5.97 Å². The van der Waals surface area contributed by atoms with E-state index in [1.165, 1.54) is 25.3 Å². The molecule has 6 nitrogen and oxygen atoms in total. The lowest BCUT2D eigenvalue weighted by Gasteiger charge is -2.23. The van der Waals surface area contributed by atoms with Crippen molar-refractivity contribution in [2.24, 2.45) is 0 Å². The minimum absolute atomic E-state index is 0.102. The molecule has 0 heterocycles. The third-order valence-corrected chi connectivity index (χ3v) is 5.54. The van der Waals surface area contributed by atoms with Crippen molar-refractivity contribution in [3.05, 3.63) is 53.3 Å². The summed E-state index contributed by atoms with van der Waals surface area (Å²) in [5, 5.41) is 9.12. The minimum atomic E-state index is -4.27. The lowest BCUT2D eigenvalue weighted by Crippen LogP contribution is -2.35. The number of carbonyl (C=O) groups is 1. The van der Waals surface area contributed by atoms with Crippen LogP contribution in [0.5, 0.6) is 5.75 Å². The van der Waals surface area contributed by atoms with Crippen molar-refractivity contribution in [2.45, 2.75) is 18.7 Å². The number of aliphatic carboxylic acids is 1. The highest BCUT2D eigenvalue weighted by atomic mass is 32.2. The number of ether oxygens (including phenoxy) is 1. The first-order chi connectivity index (χ1) is 11.7. The number of benzene rings is 2. The Morgan fingerprint density at radius 1 is 1.16 bits per heavy atom. The van der Waals surface area contributed by atoms with E-state index in [-0.39, 0.29) is 16.3 Å². The highest BCUT2D eigenvalue weighted by Crippen LogP contribution is 2.28. The second-order valence-electron chi connectivity index (χ2n) is 5.47. The summed E-state index contributed by atoms with van der Waals surface area (Å²) in [6.07, 6.45) is 0. The summed E-state index contributed by atoms with van der Waals surface area (Å²) < 4.78 is 45.2. The first kappa shape index (κ1) is 18.7. The number of anilines is 1. The molecule has 0 aromatic heterocycles. The average Bonchev–Trinajstić information content (AvgIpc) is 2.55. The highest BCUT2D eigenvalue weighted by molar-refractivity contribution is 7.92. The zero-order valence-electron chi connectivity index (χ0n) is 14.0. The number of rotatable bonds is 6. The minimum Gasteiger partial charge on any atom is -0.494 e. The molecule has 0 aliphatic rings. The number of hydrogen-bond acceptors (Lipinski definition) is 4. The second kappa shape index (κ2) is 7.10. The van der Waals surface area contributed by atoms with E-state index in [1.54, 1.807) is 19.1 Å². The van der Waals surface area contributed by atoms with Gasteiger partial charge in [0.25, 0.3) is 10.0 Å². The van der Waals surface area contributed by atoms with Crippen LogP contribution in [0.1, 0.15) is 11.1 Å². The van der Waals surface area contributed by atoms with E-state index in [0.29, 0.717) is 0 Å². The van der Waals surface area contributed by atoms with E-state index in [2.05, 4.69) is 0 Å². The molecule has 0 aliphatic carbocycles. The smallest absolute Gasteiger partial charge is 0.324 e. The fourth-order valence-electron chi connectivity index (χ4n) is 2.25. The van der Waals surface area contributed by atoms with Crippen molar-refractivity contribution in [3.63, 3.8) is 0 Å². The summed E-state index contributed by atoms with van der Waals surface area (Å²) in [5.74, 6) is -2.27. The maximum Gasteiger partial charge on any atom is 0.324 e. The molecule has 25 heavy (non-hydrogen) atoms. The molecule has 0 unspecified atom stereocenters. The number of nitrogens with zero attached hydrogens (tertiary/aromatic N) is 1. The number of aryl methyl sites for hydroxylation is 2. The molecule has 1 N–H and O–H groups in total. The van der Waals surface area contributed by atoms with Gasteiger partial charge in [-0.05, 0) is 55.3 Å². The molecule has 0 fully saturated rings. The van der Waals surface area contributed by atoms with Crippen LogP contribution >= 0.6 is 0 Å². The van der Waals surface area contributed by atoms with E-state index >= 15 is 0 Å². The maximum atomic E-state index is 13.9. The Bertz CT molecular complexity index is 911. The van der Waals surface area contributed by atoms with Crippen LogP contribution in [0.2, 0.25) is 0 Å². The molecule has 0 saturated carbocycles. The van der Waals surface area contributed by atoms with Gasteiger partial charge in [0.2, 0.25) is 0 Å². The number of hydrogen-bond donors (Lipinski definition) is 1. The summed E-state index contributed by atoms with van der Waals surface area (Å²) >= 11 is 0. The van der Waals surface area contributed by atoms with Crippen molar-refractivity contribution in [3.8, 4) is 5.75 Å². The van der Waals surface area contributed by atoms with Crippen LogP contribution in [0.3, 0.4) is 0 Å². The molecular formula is C17H18FNO5S. The van der Waals surface area contributed by atoms with E-state index in [1.807, 2.05) is 6.92 Å². The van der Waals surface area contributed by atoms with Crippen LogP contribution in [0.4, 0.5) is 10.1 Å². The standard InChI is InChI=1S/C17H18FNO5S/c1-11-4-5-13(8-12(11)2)19(10-17(20)21)25(22,23)14-6-7-16(24-3)15(18)9-14/h4-9H,10H2,1-3H3,(H,20,21). The number of methoxy groups -OCH3 is 1. The van der Waals surface area contributed by atoms with Gasteiger partial charge in [0.15, 0.2) is 11.6 Å². The van der Waals surface area contributed by atoms with Crippen LogP contribution in [0, 0.1) is 19.7 Å². The van der Waals surface area contributed by atoms with Gasteiger partial charge in [-0.3, -0.25) is 9.10 Å². The molecule has 2 aromatic rings. The summed E-state index contributed by atoms with van der Waals surface area (Å²) in [6, 6.07) is 7.96. The Morgan fingerprint density at radius 2 is 1.84 bits per heavy atom. The van der Waals surface area contributed by atoms with E-state index in [9.17, 15) is 17.6 Å². The second-order valence-corrected chi connectivity index (χ2v) is 7.33. The third kappa shape index (κ3) is 3.90. The van der Waals surface area contributed by atoms with Crippen molar-refractivity contribution in [1.82, 2.24) is 0 Å². The first-order valence-electron chi connectivity index (χ1n) is 7.32. The fraction of sp³-hybridized carbons (Fsp3) is 0.235. The fourth-order valence-corrected chi connectivity index (χ4v) is 3.67. The van der Waals surface area contributed by atoms with Crippen LogP contribution in [0.25, 0.3) is 0 Å². The molecule has 0 saturated heterocycles. The summed E-state index contributed by atoms with van der Waals surface area (Å²) in [6.45, 7) is 2.87. The van der Waals surface area contributed by atoms with Crippen LogP contribution < -0.4 is 9.04 Å². The Balaban J connectivity index is 2.57. The summed E-state index contributed by atoms with van der Waals surface area (Å²) in [5.41, 5.74) is 1.94. The quantitative estimate of drug-likeness (QED) is 0.849. The molecule has 0 bridgehead atoms. The van der Waals surface area contributed by atoms with Gasteiger partial charge in [0.1, 0.15) is 6.54 Å². The Labute approximate surface area is 145 Å². The average molecular weight is 367 g/mol. The van der Waals surface area contributed by atoms with Crippen molar-refractivity contribution in [2.75, 3.05) is 18.0 Å². The number of sulfonamides is 1. The lowest BCUT2D eigenvalue weighted by molar-refractivity contribution is -0.135. The van der Waals surface area contributed by atoms with Gasteiger partial charge in [0.05, 0.1) is 17.7 Å². The van der Waals surface area contributed by atoms with Gasteiger partial charge in [-0.15, -0.1) is 0 Å². The van der Waals surface area contributed by atoms with Gasteiger partial charge in [0, 0.05) is 0 Å². The topological polar surface area (TPSA) is 83.9 Å². The van der Waals surface area contributed by atoms with Gasteiger partial charge in [-0.25, -0.2) is 12.8 Å². The van der Waals surface area contributed by atoms with E-state index in [0.717, 1.165) is 21.5 Å². The molecule has 0 aliphatic heterocycles. The maximum absolute atomic E-state index is 13.9. The number of carboxylic acids is 1. The highest BCUT2D eigenvalue weighted by Gasteiger charge is 2.28. The van der Waals surface area contributed by atoms with Gasteiger partial charge in [-0.1, -0.05) is 6.07 Å². The molecule has 8 heteroatoms. The molecule has 2 aromatic carbocycles. The normalized spacial score (nSPS) is 11.2. The zero-order valence-corrected chi connectivity index (χ0v) is 14.8. The number of carboxylic acid groups (broad SMARTS) is 1. The molecule has 0 amide bonds. The van der Waals surface area contributed by atoms with Gasteiger partial charge in [-0.2, -0.15) is 0 Å². The predicted molar refractivity (Wildman–Crippen MR) is 91.0 cm³/mol. The Hall–Kier alpha value is -2.61. The molecular weight excluding hydrogens is 349 g/mol.